The second-order valence-corrected chi connectivity index (χ2v) is 9.10. The van der Waals surface area contributed by atoms with Crippen molar-refractivity contribution >= 4 is 11.5 Å². The Kier molecular flexibility index (Phi) is 3.22. The van der Waals surface area contributed by atoms with Gasteiger partial charge in [-0.25, -0.2) is 4.39 Å². The number of Topliss-reactive ketones (excluding diaryl/α,β-unsaturated/α-hetero) is 1. The Morgan fingerprint density at radius 1 is 1.22 bits per heavy atom. The summed E-state index contributed by atoms with van der Waals surface area (Å²) in [6, 6.07) is 0. The number of rotatable bonds is 0. The van der Waals surface area contributed by atoms with Gasteiger partial charge in [-0.2, -0.15) is 0 Å². The van der Waals surface area contributed by atoms with E-state index in [0.29, 0.717) is 36.9 Å². The van der Waals surface area contributed by atoms with Crippen LogP contribution >= 0.6 is 0 Å². The molecule has 4 rings (SSSR count). The molecule has 23 heavy (non-hydrogen) atoms. The highest BCUT2D eigenvalue weighted by Crippen LogP contribution is 2.66. The number of hydrogen-bond acceptors (Lipinski definition) is 2. The molecule has 0 aromatic rings. The Balaban J connectivity index is 1.71. The number of nitrogens with one attached hydrogen (secondary N) is 1. The van der Waals surface area contributed by atoms with Gasteiger partial charge in [0.15, 0.2) is 0 Å². The third-order valence-electron chi connectivity index (χ3n) is 8.28. The Hall–Kier alpha value is -0.990. The first-order valence-electron chi connectivity index (χ1n) is 9.19. The molecule has 4 saturated carbocycles. The summed E-state index contributed by atoms with van der Waals surface area (Å²) in [7, 11) is 0. The number of carbonyl (C=O) groups excluding carboxylic acids is 1. The van der Waals surface area contributed by atoms with Crippen LogP contribution in [0.4, 0.5) is 4.39 Å². The van der Waals surface area contributed by atoms with Crippen LogP contribution in [-0.2, 0) is 4.79 Å². The Morgan fingerprint density at radius 2 is 1.96 bits per heavy atom. The molecule has 4 fully saturated rings. The van der Waals surface area contributed by atoms with Gasteiger partial charge in [0.05, 0.1) is 0 Å². The summed E-state index contributed by atoms with van der Waals surface area (Å²) < 4.78 is 14.4. The first-order chi connectivity index (χ1) is 10.8. The van der Waals surface area contributed by atoms with Crippen LogP contribution in [0, 0.1) is 39.9 Å². The lowest BCUT2D eigenvalue weighted by Gasteiger charge is -2.59. The lowest BCUT2D eigenvalue weighted by molar-refractivity contribution is -0.147. The van der Waals surface area contributed by atoms with Gasteiger partial charge in [0.1, 0.15) is 12.0 Å². The van der Waals surface area contributed by atoms with Crippen molar-refractivity contribution in [3.8, 4) is 0 Å². The van der Waals surface area contributed by atoms with Crippen LogP contribution in [0.15, 0.2) is 12.2 Å². The summed E-state index contributed by atoms with van der Waals surface area (Å²) in [6.45, 7) is 8.54. The lowest BCUT2D eigenvalue weighted by atomic mass is 9.45. The zero-order valence-electron chi connectivity index (χ0n) is 14.3. The first-order valence-corrected chi connectivity index (χ1v) is 9.19. The number of allylic oxidation sites excluding steroid dienone is 1. The van der Waals surface area contributed by atoms with Crippen LogP contribution in [0.1, 0.15) is 58.8 Å². The van der Waals surface area contributed by atoms with Crippen molar-refractivity contribution in [2.24, 2.45) is 34.5 Å². The highest BCUT2D eigenvalue weighted by Gasteiger charge is 2.62. The van der Waals surface area contributed by atoms with Gasteiger partial charge in [-0.15, -0.1) is 0 Å². The minimum absolute atomic E-state index is 0.0294. The van der Waals surface area contributed by atoms with Crippen molar-refractivity contribution in [3.05, 3.63) is 12.2 Å². The molecular formula is C20H28FNO. The van der Waals surface area contributed by atoms with Crippen molar-refractivity contribution in [1.82, 2.24) is 0 Å². The molecule has 0 bridgehead atoms. The molecule has 0 heterocycles. The van der Waals surface area contributed by atoms with E-state index in [4.69, 9.17) is 5.41 Å². The van der Waals surface area contributed by atoms with E-state index >= 15 is 0 Å². The Morgan fingerprint density at radius 3 is 2.70 bits per heavy atom. The molecule has 2 nitrogen and oxygen atoms in total. The zero-order chi connectivity index (χ0) is 16.6. The molecule has 0 aliphatic heterocycles. The molecule has 7 atom stereocenters. The van der Waals surface area contributed by atoms with Gasteiger partial charge < -0.3 is 5.41 Å². The maximum Gasteiger partial charge on any atom is 0.137 e. The number of alkyl halides is 1. The van der Waals surface area contributed by atoms with Crippen molar-refractivity contribution in [3.63, 3.8) is 0 Å². The molecular weight excluding hydrogens is 289 g/mol. The molecule has 3 heteroatoms. The predicted octanol–water partition coefficient (Wildman–Crippen LogP) is 4.73. The van der Waals surface area contributed by atoms with Gasteiger partial charge >= 0.3 is 0 Å². The van der Waals surface area contributed by atoms with Crippen LogP contribution < -0.4 is 0 Å². The summed E-state index contributed by atoms with van der Waals surface area (Å²) in [5, 5.41) is 8.01. The maximum absolute atomic E-state index is 14.4. The normalized spacial score (nSPS) is 52.8. The molecule has 0 spiro atoms. The third kappa shape index (κ3) is 1.91. The molecule has 0 aromatic heterocycles. The monoisotopic (exact) mass is 317 g/mol. The van der Waals surface area contributed by atoms with E-state index in [1.807, 2.05) is 0 Å². The van der Waals surface area contributed by atoms with E-state index in [1.165, 1.54) is 0 Å². The Labute approximate surface area is 138 Å². The average molecular weight is 317 g/mol. The number of fused-ring (bicyclic) bond motifs is 5. The number of carbonyl (C=O) groups is 1. The average Bonchev–Trinajstić information content (AvgIpc) is 2.73. The maximum atomic E-state index is 14.4. The number of ketones is 1. The zero-order valence-corrected chi connectivity index (χ0v) is 14.3. The van der Waals surface area contributed by atoms with Crippen LogP contribution in [0.3, 0.4) is 0 Å². The lowest BCUT2D eigenvalue weighted by Crippen LogP contribution is -2.56. The molecule has 4 aliphatic rings. The van der Waals surface area contributed by atoms with Gasteiger partial charge in [-0.05, 0) is 72.7 Å². The molecule has 5 unspecified atom stereocenters. The smallest absolute Gasteiger partial charge is 0.137 e. The van der Waals surface area contributed by atoms with E-state index in [9.17, 15) is 9.18 Å². The van der Waals surface area contributed by atoms with Gasteiger partial charge in [-0.1, -0.05) is 20.4 Å². The van der Waals surface area contributed by atoms with E-state index in [1.54, 1.807) is 0 Å². The first kappa shape index (κ1) is 15.5. The highest BCUT2D eigenvalue weighted by molar-refractivity contribution is 5.92. The molecule has 0 amide bonds. The summed E-state index contributed by atoms with van der Waals surface area (Å²) >= 11 is 0. The van der Waals surface area contributed by atoms with E-state index < -0.39 is 6.17 Å². The minimum atomic E-state index is -0.885. The predicted molar refractivity (Wildman–Crippen MR) is 89.3 cm³/mol. The second kappa shape index (κ2) is 4.77. The van der Waals surface area contributed by atoms with Crippen molar-refractivity contribution in [2.45, 2.75) is 65.0 Å². The van der Waals surface area contributed by atoms with E-state index in [0.717, 1.165) is 37.0 Å². The standard InChI is InChI=1S/C20H28FNO/c1-11-17(21)10-15-13-9-18(23)16-8-12(22)4-6-20(16,3)14(13)5-7-19(11,15)2/h13-17,22H,1,4-10H2,2-3H3/t13?,14?,15?,16?,17?,19-,20-/m1/s1. The molecule has 0 aromatic carbocycles. The summed E-state index contributed by atoms with van der Waals surface area (Å²) in [6.07, 6.45) is 4.88. The van der Waals surface area contributed by atoms with Gasteiger partial charge in [0, 0.05) is 18.1 Å². The van der Waals surface area contributed by atoms with E-state index in [-0.39, 0.29) is 22.7 Å². The minimum Gasteiger partial charge on any atom is -0.310 e. The van der Waals surface area contributed by atoms with Crippen molar-refractivity contribution in [2.75, 3.05) is 0 Å². The van der Waals surface area contributed by atoms with E-state index in [2.05, 4.69) is 20.4 Å². The van der Waals surface area contributed by atoms with Crippen LogP contribution in [0.5, 0.6) is 0 Å². The SMILES string of the molecule is C=C1C(F)CC2C3CC(=O)C4CC(=N)CC[C@]4(C)C3CC[C@]12C. The summed E-state index contributed by atoms with van der Waals surface area (Å²) in [5.41, 5.74) is 1.46. The van der Waals surface area contributed by atoms with Crippen molar-refractivity contribution in [1.29, 1.82) is 5.41 Å². The molecule has 1 N–H and O–H groups in total. The van der Waals surface area contributed by atoms with Crippen molar-refractivity contribution < 1.29 is 9.18 Å². The fourth-order valence-corrected chi connectivity index (χ4v) is 6.74. The number of halogens is 1. The highest BCUT2D eigenvalue weighted by atomic mass is 19.1. The fourth-order valence-electron chi connectivity index (χ4n) is 6.74. The fraction of sp³-hybridized carbons (Fsp3) is 0.800. The Bertz CT molecular complexity index is 598. The molecule has 4 aliphatic carbocycles. The topological polar surface area (TPSA) is 40.9 Å². The van der Waals surface area contributed by atoms with Gasteiger partial charge in [0.2, 0.25) is 0 Å². The number of hydrogen-bond donors (Lipinski definition) is 1. The molecule has 0 saturated heterocycles. The van der Waals surface area contributed by atoms with Gasteiger partial charge in [-0.3, -0.25) is 4.79 Å². The summed E-state index contributed by atoms with van der Waals surface area (Å²) in [4.78, 5) is 12.9. The van der Waals surface area contributed by atoms with Crippen LogP contribution in [0.25, 0.3) is 0 Å². The van der Waals surface area contributed by atoms with Crippen LogP contribution in [-0.4, -0.2) is 17.7 Å². The third-order valence-corrected chi connectivity index (χ3v) is 8.28. The largest absolute Gasteiger partial charge is 0.310 e. The second-order valence-electron chi connectivity index (χ2n) is 9.10. The molecule has 126 valence electrons. The summed E-state index contributed by atoms with van der Waals surface area (Å²) in [5.74, 6) is 1.52. The van der Waals surface area contributed by atoms with Crippen LogP contribution in [0.2, 0.25) is 0 Å². The molecule has 0 radical (unpaired) electrons. The quantitative estimate of drug-likeness (QED) is 0.645. The van der Waals surface area contributed by atoms with Gasteiger partial charge in [0.25, 0.3) is 0 Å².